The third kappa shape index (κ3) is 3.69. The molecular formula is C19H22N4O. The number of hydrogen-bond donors (Lipinski definition) is 2. The highest BCUT2D eigenvalue weighted by Crippen LogP contribution is 2.24. The molecule has 0 aliphatic rings. The summed E-state index contributed by atoms with van der Waals surface area (Å²) in [6.45, 7) is 2.20. The van der Waals surface area contributed by atoms with Crippen LogP contribution in [0.2, 0.25) is 0 Å². The van der Waals surface area contributed by atoms with Crippen LogP contribution in [0.5, 0.6) is 0 Å². The van der Waals surface area contributed by atoms with Crippen molar-refractivity contribution in [2.75, 3.05) is 6.54 Å². The van der Waals surface area contributed by atoms with Gasteiger partial charge in [0.1, 0.15) is 5.60 Å². The number of aliphatic hydroxyl groups is 1. The molecule has 2 N–H and O–H groups in total. The van der Waals surface area contributed by atoms with Crippen molar-refractivity contribution in [2.24, 2.45) is 7.05 Å². The number of hydrogen-bond acceptors (Lipinski definition) is 4. The zero-order valence-corrected chi connectivity index (χ0v) is 13.9. The average Bonchev–Trinajstić information content (AvgIpc) is 3.04. The highest BCUT2D eigenvalue weighted by Gasteiger charge is 2.26. The highest BCUT2D eigenvalue weighted by atomic mass is 16.3. The first-order chi connectivity index (χ1) is 11.6. The van der Waals surface area contributed by atoms with E-state index in [4.69, 9.17) is 0 Å². The van der Waals surface area contributed by atoms with Gasteiger partial charge in [-0.15, -0.1) is 0 Å². The molecule has 0 bridgehead atoms. The number of nitrogens with zero attached hydrogens (tertiary/aromatic N) is 3. The number of pyridine rings is 1. The second kappa shape index (κ2) is 6.95. The molecule has 3 aromatic rings. The lowest BCUT2D eigenvalue weighted by Crippen LogP contribution is -2.37. The SMILES string of the molecule is Cn1cc(C(C)(O)CNC(c2ccccc2)c2ccncc2)cn1. The van der Waals surface area contributed by atoms with Crippen LogP contribution in [-0.2, 0) is 12.6 Å². The molecule has 24 heavy (non-hydrogen) atoms. The number of nitrogens with one attached hydrogen (secondary N) is 1. The van der Waals surface area contributed by atoms with Crippen LogP contribution < -0.4 is 5.32 Å². The fourth-order valence-corrected chi connectivity index (χ4v) is 2.73. The Morgan fingerprint density at radius 1 is 1.12 bits per heavy atom. The van der Waals surface area contributed by atoms with E-state index in [0.29, 0.717) is 6.54 Å². The standard InChI is InChI=1S/C19H22N4O/c1-19(24,17-12-22-23(2)13-17)14-21-18(15-6-4-3-5-7-15)16-8-10-20-11-9-16/h3-13,18,21,24H,14H2,1-2H3. The summed E-state index contributed by atoms with van der Waals surface area (Å²) in [5.41, 5.74) is 2.04. The van der Waals surface area contributed by atoms with Crippen LogP contribution in [0.25, 0.3) is 0 Å². The Morgan fingerprint density at radius 3 is 2.42 bits per heavy atom. The van der Waals surface area contributed by atoms with E-state index in [9.17, 15) is 5.11 Å². The Hall–Kier alpha value is -2.50. The van der Waals surface area contributed by atoms with Crippen molar-refractivity contribution in [3.05, 3.63) is 83.9 Å². The van der Waals surface area contributed by atoms with E-state index in [1.54, 1.807) is 30.2 Å². The first-order valence-electron chi connectivity index (χ1n) is 7.96. The van der Waals surface area contributed by atoms with Crippen molar-refractivity contribution in [1.82, 2.24) is 20.1 Å². The summed E-state index contributed by atoms with van der Waals surface area (Å²) in [5, 5.41) is 18.4. The van der Waals surface area contributed by atoms with Gasteiger partial charge in [0.2, 0.25) is 0 Å². The molecule has 0 aliphatic heterocycles. The lowest BCUT2D eigenvalue weighted by molar-refractivity contribution is 0.0550. The zero-order chi connectivity index (χ0) is 17.0. The monoisotopic (exact) mass is 322 g/mol. The maximum atomic E-state index is 10.8. The lowest BCUT2D eigenvalue weighted by Gasteiger charge is -2.27. The number of aromatic nitrogens is 3. The molecule has 3 rings (SSSR count). The first kappa shape index (κ1) is 16.4. The predicted molar refractivity (Wildman–Crippen MR) is 93.3 cm³/mol. The smallest absolute Gasteiger partial charge is 0.102 e. The normalized spacial score (nSPS) is 15.0. The van der Waals surface area contributed by atoms with Gasteiger partial charge in [0, 0.05) is 37.7 Å². The Balaban J connectivity index is 1.82. The van der Waals surface area contributed by atoms with E-state index in [0.717, 1.165) is 16.7 Å². The van der Waals surface area contributed by atoms with Gasteiger partial charge in [0.15, 0.2) is 0 Å². The first-order valence-corrected chi connectivity index (χ1v) is 7.96. The molecule has 0 spiro atoms. The van der Waals surface area contributed by atoms with Crippen molar-refractivity contribution in [3.63, 3.8) is 0 Å². The molecule has 0 saturated heterocycles. The second-order valence-corrected chi connectivity index (χ2v) is 6.18. The summed E-state index contributed by atoms with van der Waals surface area (Å²) in [6, 6.07) is 14.2. The van der Waals surface area contributed by atoms with Crippen molar-refractivity contribution in [1.29, 1.82) is 0 Å². The minimum absolute atomic E-state index is 0.0163. The van der Waals surface area contributed by atoms with E-state index in [-0.39, 0.29) is 6.04 Å². The minimum atomic E-state index is -1.01. The maximum Gasteiger partial charge on any atom is 0.102 e. The molecule has 2 atom stereocenters. The molecule has 0 saturated carbocycles. The minimum Gasteiger partial charge on any atom is -0.384 e. The van der Waals surface area contributed by atoms with Crippen LogP contribution in [-0.4, -0.2) is 26.4 Å². The molecule has 1 aromatic carbocycles. The third-order valence-electron chi connectivity index (χ3n) is 4.15. The van der Waals surface area contributed by atoms with Gasteiger partial charge in [-0.05, 0) is 30.2 Å². The highest BCUT2D eigenvalue weighted by molar-refractivity contribution is 5.30. The van der Waals surface area contributed by atoms with E-state index in [2.05, 4.69) is 27.5 Å². The zero-order valence-electron chi connectivity index (χ0n) is 13.9. The molecule has 0 fully saturated rings. The maximum absolute atomic E-state index is 10.8. The summed E-state index contributed by atoms with van der Waals surface area (Å²) in [5.74, 6) is 0. The van der Waals surface area contributed by atoms with Crippen LogP contribution in [0.4, 0.5) is 0 Å². The van der Waals surface area contributed by atoms with Crippen LogP contribution in [0.15, 0.2) is 67.3 Å². The molecule has 2 heterocycles. The van der Waals surface area contributed by atoms with E-state index >= 15 is 0 Å². The van der Waals surface area contributed by atoms with Crippen LogP contribution in [0.1, 0.15) is 29.7 Å². The fraction of sp³-hybridized carbons (Fsp3) is 0.263. The summed E-state index contributed by atoms with van der Waals surface area (Å²) in [7, 11) is 1.84. The van der Waals surface area contributed by atoms with Crippen LogP contribution in [0, 0.1) is 0 Å². The Bertz CT molecular complexity index is 729. The molecule has 5 nitrogen and oxygen atoms in total. The summed E-state index contributed by atoms with van der Waals surface area (Å²) in [4.78, 5) is 4.09. The Kier molecular flexibility index (Phi) is 4.74. The largest absolute Gasteiger partial charge is 0.384 e. The molecule has 0 amide bonds. The van der Waals surface area contributed by atoms with Crippen molar-refractivity contribution < 1.29 is 5.11 Å². The molecule has 2 unspecified atom stereocenters. The molecular weight excluding hydrogens is 300 g/mol. The van der Waals surface area contributed by atoms with Gasteiger partial charge in [-0.2, -0.15) is 5.10 Å². The van der Waals surface area contributed by atoms with Crippen molar-refractivity contribution in [3.8, 4) is 0 Å². The second-order valence-electron chi connectivity index (χ2n) is 6.18. The Labute approximate surface area is 142 Å². The topological polar surface area (TPSA) is 63.0 Å². The molecule has 0 radical (unpaired) electrons. The average molecular weight is 322 g/mol. The molecule has 5 heteroatoms. The van der Waals surface area contributed by atoms with Gasteiger partial charge < -0.3 is 10.4 Å². The quantitative estimate of drug-likeness (QED) is 0.731. The van der Waals surface area contributed by atoms with Crippen molar-refractivity contribution >= 4 is 0 Å². The summed E-state index contributed by atoms with van der Waals surface area (Å²) in [6.07, 6.45) is 7.11. The number of rotatable bonds is 6. The lowest BCUT2D eigenvalue weighted by atomic mass is 9.96. The number of aryl methyl sites for hydroxylation is 1. The van der Waals surface area contributed by atoms with Crippen molar-refractivity contribution in [2.45, 2.75) is 18.6 Å². The van der Waals surface area contributed by atoms with Crippen LogP contribution >= 0.6 is 0 Å². The Morgan fingerprint density at radius 2 is 1.79 bits per heavy atom. The van der Waals surface area contributed by atoms with E-state index in [1.165, 1.54) is 0 Å². The predicted octanol–water partition coefficient (Wildman–Crippen LogP) is 2.40. The molecule has 124 valence electrons. The number of benzene rings is 1. The van der Waals surface area contributed by atoms with Gasteiger partial charge in [0.05, 0.1) is 12.2 Å². The van der Waals surface area contributed by atoms with Gasteiger partial charge in [0.25, 0.3) is 0 Å². The fourth-order valence-electron chi connectivity index (χ4n) is 2.73. The molecule has 0 aliphatic carbocycles. The summed E-state index contributed by atoms with van der Waals surface area (Å²) >= 11 is 0. The van der Waals surface area contributed by atoms with Gasteiger partial charge >= 0.3 is 0 Å². The van der Waals surface area contributed by atoms with E-state index in [1.807, 2.05) is 43.6 Å². The summed E-state index contributed by atoms with van der Waals surface area (Å²) < 4.78 is 1.70. The molecule has 2 aromatic heterocycles. The van der Waals surface area contributed by atoms with Crippen LogP contribution in [0.3, 0.4) is 0 Å². The van der Waals surface area contributed by atoms with Gasteiger partial charge in [-0.1, -0.05) is 30.3 Å². The van der Waals surface area contributed by atoms with Gasteiger partial charge in [-0.25, -0.2) is 0 Å². The third-order valence-corrected chi connectivity index (χ3v) is 4.15. The van der Waals surface area contributed by atoms with Gasteiger partial charge in [-0.3, -0.25) is 9.67 Å². The van der Waals surface area contributed by atoms with E-state index < -0.39 is 5.60 Å².